The summed E-state index contributed by atoms with van der Waals surface area (Å²) >= 11 is 0. The van der Waals surface area contributed by atoms with Crippen LogP contribution in [0, 0.1) is 5.41 Å². The highest BCUT2D eigenvalue weighted by atomic mass is 15.1. The van der Waals surface area contributed by atoms with E-state index in [9.17, 15) is 0 Å². The molecule has 0 unspecified atom stereocenters. The lowest BCUT2D eigenvalue weighted by molar-refractivity contribution is 0.181. The lowest BCUT2D eigenvalue weighted by atomic mass is 9.85. The molecule has 0 aromatic heterocycles. The predicted molar refractivity (Wildman–Crippen MR) is 58.0 cm³/mol. The fraction of sp³-hybridized carbons (Fsp3) is 1.00. The van der Waals surface area contributed by atoms with E-state index in [0.29, 0.717) is 5.41 Å². The van der Waals surface area contributed by atoms with Crippen molar-refractivity contribution >= 4 is 0 Å². The van der Waals surface area contributed by atoms with Crippen LogP contribution in [0.15, 0.2) is 0 Å². The van der Waals surface area contributed by atoms with Gasteiger partial charge in [-0.3, -0.25) is 0 Å². The molecule has 1 aliphatic carbocycles. The van der Waals surface area contributed by atoms with Gasteiger partial charge in [-0.2, -0.15) is 0 Å². The van der Waals surface area contributed by atoms with Gasteiger partial charge in [-0.25, -0.2) is 0 Å². The van der Waals surface area contributed by atoms with Crippen molar-refractivity contribution in [2.75, 3.05) is 33.7 Å². The monoisotopic (exact) mass is 184 g/mol. The smallest absolute Gasteiger partial charge is 0.00470 e. The van der Waals surface area contributed by atoms with Crippen LogP contribution in [0.25, 0.3) is 0 Å². The third-order valence-corrected chi connectivity index (χ3v) is 3.36. The minimum Gasteiger partial charge on any atom is -0.319 e. The zero-order chi connectivity index (χ0) is 9.73. The average molecular weight is 184 g/mol. The summed E-state index contributed by atoms with van der Waals surface area (Å²) in [6.07, 6.45) is 5.69. The van der Waals surface area contributed by atoms with Crippen molar-refractivity contribution in [2.24, 2.45) is 5.41 Å². The molecule has 13 heavy (non-hydrogen) atoms. The van der Waals surface area contributed by atoms with E-state index >= 15 is 0 Å². The van der Waals surface area contributed by atoms with Gasteiger partial charge in [0.15, 0.2) is 0 Å². The topological polar surface area (TPSA) is 15.3 Å². The van der Waals surface area contributed by atoms with Gasteiger partial charge in [0.05, 0.1) is 0 Å². The van der Waals surface area contributed by atoms with E-state index in [1.807, 2.05) is 0 Å². The summed E-state index contributed by atoms with van der Waals surface area (Å²) in [5, 5.41) is 3.35. The van der Waals surface area contributed by atoms with E-state index in [0.717, 1.165) is 0 Å². The molecule has 0 radical (unpaired) electrons. The molecule has 2 nitrogen and oxygen atoms in total. The lowest BCUT2D eigenvalue weighted by Gasteiger charge is -2.33. The summed E-state index contributed by atoms with van der Waals surface area (Å²) in [6, 6.07) is 0. The summed E-state index contributed by atoms with van der Waals surface area (Å²) in [5.41, 5.74) is 0.583. The van der Waals surface area contributed by atoms with Gasteiger partial charge in [0.2, 0.25) is 0 Å². The van der Waals surface area contributed by atoms with Crippen molar-refractivity contribution < 1.29 is 0 Å². The number of hydrogen-bond acceptors (Lipinski definition) is 2. The van der Waals surface area contributed by atoms with Crippen LogP contribution in [-0.4, -0.2) is 38.6 Å². The fourth-order valence-electron chi connectivity index (χ4n) is 2.58. The first-order valence-electron chi connectivity index (χ1n) is 5.55. The van der Waals surface area contributed by atoms with Crippen LogP contribution >= 0.6 is 0 Å². The summed E-state index contributed by atoms with van der Waals surface area (Å²) < 4.78 is 0. The second-order valence-electron chi connectivity index (χ2n) is 4.57. The molecule has 0 saturated heterocycles. The molecule has 0 bridgehead atoms. The largest absolute Gasteiger partial charge is 0.319 e. The zero-order valence-electron chi connectivity index (χ0n) is 9.40. The Bertz CT molecular complexity index is 139. The normalized spacial score (nSPS) is 21.2. The molecule has 0 aromatic rings. The highest BCUT2D eigenvalue weighted by Gasteiger charge is 2.33. The number of nitrogens with zero attached hydrogens (tertiary/aromatic N) is 1. The Labute approximate surface area is 82.7 Å². The van der Waals surface area contributed by atoms with Gasteiger partial charge in [0, 0.05) is 13.1 Å². The minimum absolute atomic E-state index is 0.583. The van der Waals surface area contributed by atoms with Gasteiger partial charge in [-0.05, 0) is 38.9 Å². The first-order chi connectivity index (χ1) is 6.22. The summed E-state index contributed by atoms with van der Waals surface area (Å²) in [5.74, 6) is 0. The Morgan fingerprint density at radius 1 is 1.31 bits per heavy atom. The second kappa shape index (κ2) is 4.97. The summed E-state index contributed by atoms with van der Waals surface area (Å²) in [6.45, 7) is 5.87. The molecule has 78 valence electrons. The SMILES string of the molecule is CCN(C)CC1(CNC)CCCC1. The lowest BCUT2D eigenvalue weighted by Crippen LogP contribution is -2.40. The molecular weight excluding hydrogens is 160 g/mol. The first-order valence-corrected chi connectivity index (χ1v) is 5.55. The molecule has 1 saturated carbocycles. The van der Waals surface area contributed by atoms with Crippen molar-refractivity contribution in [3.63, 3.8) is 0 Å². The number of nitrogens with one attached hydrogen (secondary N) is 1. The Morgan fingerprint density at radius 2 is 1.92 bits per heavy atom. The standard InChI is InChI=1S/C11H24N2/c1-4-13(3)10-11(9-12-2)7-5-6-8-11/h12H,4-10H2,1-3H3. The van der Waals surface area contributed by atoms with Gasteiger partial charge < -0.3 is 10.2 Å². The number of rotatable bonds is 5. The van der Waals surface area contributed by atoms with Crippen molar-refractivity contribution in [1.82, 2.24) is 10.2 Å². The van der Waals surface area contributed by atoms with Crippen LogP contribution in [0.4, 0.5) is 0 Å². The van der Waals surface area contributed by atoms with E-state index < -0.39 is 0 Å². The van der Waals surface area contributed by atoms with Gasteiger partial charge in [0.25, 0.3) is 0 Å². The first kappa shape index (κ1) is 11.0. The molecule has 0 heterocycles. The molecule has 1 aliphatic rings. The van der Waals surface area contributed by atoms with Gasteiger partial charge in [-0.1, -0.05) is 19.8 Å². The maximum absolute atomic E-state index is 3.35. The molecule has 1 fully saturated rings. The van der Waals surface area contributed by atoms with Crippen molar-refractivity contribution in [2.45, 2.75) is 32.6 Å². The Kier molecular flexibility index (Phi) is 4.20. The van der Waals surface area contributed by atoms with Gasteiger partial charge in [0.1, 0.15) is 0 Å². The number of hydrogen-bond donors (Lipinski definition) is 1. The third-order valence-electron chi connectivity index (χ3n) is 3.36. The van der Waals surface area contributed by atoms with Crippen LogP contribution < -0.4 is 5.32 Å². The van der Waals surface area contributed by atoms with E-state index in [-0.39, 0.29) is 0 Å². The van der Waals surface area contributed by atoms with Gasteiger partial charge >= 0.3 is 0 Å². The third kappa shape index (κ3) is 2.96. The molecule has 0 spiro atoms. The van der Waals surface area contributed by atoms with Crippen LogP contribution in [0.2, 0.25) is 0 Å². The summed E-state index contributed by atoms with van der Waals surface area (Å²) in [7, 11) is 4.31. The molecular formula is C11H24N2. The van der Waals surface area contributed by atoms with Crippen LogP contribution in [-0.2, 0) is 0 Å². The molecule has 0 amide bonds. The van der Waals surface area contributed by atoms with Gasteiger partial charge in [-0.15, -0.1) is 0 Å². The quantitative estimate of drug-likeness (QED) is 0.700. The Morgan fingerprint density at radius 3 is 2.38 bits per heavy atom. The van der Waals surface area contributed by atoms with Crippen LogP contribution in [0.1, 0.15) is 32.6 Å². The average Bonchev–Trinajstić information content (AvgIpc) is 2.54. The summed E-state index contributed by atoms with van der Waals surface area (Å²) in [4.78, 5) is 2.45. The maximum Gasteiger partial charge on any atom is 0.00470 e. The van der Waals surface area contributed by atoms with Crippen LogP contribution in [0.5, 0.6) is 0 Å². The predicted octanol–water partition coefficient (Wildman–Crippen LogP) is 1.72. The Hall–Kier alpha value is -0.0800. The second-order valence-corrected chi connectivity index (χ2v) is 4.57. The molecule has 1 rings (SSSR count). The van der Waals surface area contributed by atoms with Crippen molar-refractivity contribution in [3.05, 3.63) is 0 Å². The molecule has 0 atom stereocenters. The van der Waals surface area contributed by atoms with E-state index in [1.54, 1.807) is 0 Å². The minimum atomic E-state index is 0.583. The van der Waals surface area contributed by atoms with Crippen molar-refractivity contribution in [3.8, 4) is 0 Å². The maximum atomic E-state index is 3.35. The zero-order valence-corrected chi connectivity index (χ0v) is 9.40. The van der Waals surface area contributed by atoms with E-state index in [4.69, 9.17) is 0 Å². The highest BCUT2D eigenvalue weighted by Crippen LogP contribution is 2.37. The van der Waals surface area contributed by atoms with Crippen molar-refractivity contribution in [1.29, 1.82) is 0 Å². The van der Waals surface area contributed by atoms with E-state index in [2.05, 4.69) is 31.2 Å². The molecule has 0 aromatic carbocycles. The van der Waals surface area contributed by atoms with Crippen LogP contribution in [0.3, 0.4) is 0 Å². The molecule has 2 heteroatoms. The van der Waals surface area contributed by atoms with E-state index in [1.165, 1.54) is 45.3 Å². The highest BCUT2D eigenvalue weighted by molar-refractivity contribution is 4.88. The molecule has 1 N–H and O–H groups in total. The Balaban J connectivity index is 2.46. The fourth-order valence-corrected chi connectivity index (χ4v) is 2.58. The molecule has 0 aliphatic heterocycles.